The molecule has 0 aliphatic heterocycles. The maximum absolute atomic E-state index is 12.3. The first-order valence-corrected chi connectivity index (χ1v) is 7.81. The zero-order valence-corrected chi connectivity index (χ0v) is 13.8. The SMILES string of the molecule is Cc1cc2ccccc2n1CC(=O)Nc1cccc(I)c1. The summed E-state index contributed by atoms with van der Waals surface area (Å²) < 4.78 is 3.14. The largest absolute Gasteiger partial charge is 0.335 e. The zero-order chi connectivity index (χ0) is 14.8. The molecule has 0 unspecified atom stereocenters. The Balaban J connectivity index is 1.82. The molecule has 3 aromatic rings. The number of nitrogens with zero attached hydrogens (tertiary/aromatic N) is 1. The fourth-order valence-electron chi connectivity index (χ4n) is 2.47. The van der Waals surface area contributed by atoms with E-state index in [1.165, 1.54) is 0 Å². The molecule has 0 saturated heterocycles. The number of halogens is 1. The Morgan fingerprint density at radius 3 is 2.76 bits per heavy atom. The Kier molecular flexibility index (Phi) is 3.96. The van der Waals surface area contributed by atoms with Crippen molar-refractivity contribution >= 4 is 45.1 Å². The first-order chi connectivity index (χ1) is 10.1. The van der Waals surface area contributed by atoms with Crippen LogP contribution in [0.15, 0.2) is 54.6 Å². The van der Waals surface area contributed by atoms with Crippen LogP contribution in [-0.2, 0) is 11.3 Å². The van der Waals surface area contributed by atoms with E-state index in [2.05, 4.69) is 40.0 Å². The average molecular weight is 390 g/mol. The van der Waals surface area contributed by atoms with Crippen LogP contribution in [0.25, 0.3) is 10.9 Å². The number of aromatic nitrogens is 1. The van der Waals surface area contributed by atoms with Crippen molar-refractivity contribution in [2.24, 2.45) is 0 Å². The summed E-state index contributed by atoms with van der Waals surface area (Å²) in [6.45, 7) is 2.35. The van der Waals surface area contributed by atoms with Crippen LogP contribution in [0.1, 0.15) is 5.69 Å². The number of carbonyl (C=O) groups is 1. The number of benzene rings is 2. The van der Waals surface area contributed by atoms with Gasteiger partial charge >= 0.3 is 0 Å². The number of hydrogen-bond donors (Lipinski definition) is 1. The van der Waals surface area contributed by atoms with Crippen LogP contribution >= 0.6 is 22.6 Å². The quantitative estimate of drug-likeness (QED) is 0.669. The first-order valence-electron chi connectivity index (χ1n) is 6.74. The van der Waals surface area contributed by atoms with E-state index in [-0.39, 0.29) is 5.91 Å². The van der Waals surface area contributed by atoms with E-state index >= 15 is 0 Å². The van der Waals surface area contributed by atoms with Crippen LogP contribution < -0.4 is 5.32 Å². The molecule has 0 fully saturated rings. The molecule has 21 heavy (non-hydrogen) atoms. The Bertz CT molecular complexity index is 807. The third-order valence-corrected chi connectivity index (χ3v) is 4.10. The molecular weight excluding hydrogens is 375 g/mol. The molecule has 0 bridgehead atoms. The van der Waals surface area contributed by atoms with Gasteiger partial charge in [0.15, 0.2) is 0 Å². The summed E-state index contributed by atoms with van der Waals surface area (Å²) in [5, 5.41) is 4.11. The van der Waals surface area contributed by atoms with E-state index in [1.807, 2.05) is 54.0 Å². The normalized spacial score (nSPS) is 10.8. The predicted octanol–water partition coefficient (Wildman–Crippen LogP) is 4.19. The highest BCUT2D eigenvalue weighted by atomic mass is 127. The molecule has 3 nitrogen and oxygen atoms in total. The third kappa shape index (κ3) is 3.10. The van der Waals surface area contributed by atoms with Crippen molar-refractivity contribution in [1.82, 2.24) is 4.57 Å². The van der Waals surface area contributed by atoms with Crippen LogP contribution in [0.4, 0.5) is 5.69 Å². The second kappa shape index (κ2) is 5.89. The van der Waals surface area contributed by atoms with Gasteiger partial charge in [0, 0.05) is 20.5 Å². The summed E-state index contributed by atoms with van der Waals surface area (Å²) in [5.41, 5.74) is 3.02. The van der Waals surface area contributed by atoms with E-state index in [0.29, 0.717) is 6.54 Å². The lowest BCUT2D eigenvalue weighted by Crippen LogP contribution is -2.19. The lowest BCUT2D eigenvalue weighted by atomic mass is 10.2. The number of para-hydroxylation sites is 1. The lowest BCUT2D eigenvalue weighted by Gasteiger charge is -2.09. The Labute approximate surface area is 137 Å². The molecule has 0 atom stereocenters. The van der Waals surface area contributed by atoms with E-state index in [1.54, 1.807) is 0 Å². The van der Waals surface area contributed by atoms with Crippen molar-refractivity contribution < 1.29 is 4.79 Å². The highest BCUT2D eigenvalue weighted by molar-refractivity contribution is 14.1. The predicted molar refractivity (Wildman–Crippen MR) is 94.5 cm³/mol. The van der Waals surface area contributed by atoms with E-state index in [9.17, 15) is 4.79 Å². The summed E-state index contributed by atoms with van der Waals surface area (Å²) in [5.74, 6) is -0.0125. The maximum Gasteiger partial charge on any atom is 0.244 e. The highest BCUT2D eigenvalue weighted by Gasteiger charge is 2.09. The van der Waals surface area contributed by atoms with E-state index in [0.717, 1.165) is 25.9 Å². The number of hydrogen-bond acceptors (Lipinski definition) is 1. The fourth-order valence-corrected chi connectivity index (χ4v) is 3.01. The summed E-state index contributed by atoms with van der Waals surface area (Å²) >= 11 is 2.24. The smallest absolute Gasteiger partial charge is 0.244 e. The molecule has 0 spiro atoms. The molecule has 1 aromatic heterocycles. The fraction of sp³-hybridized carbons (Fsp3) is 0.118. The van der Waals surface area contributed by atoms with Crippen LogP contribution in [0.3, 0.4) is 0 Å². The highest BCUT2D eigenvalue weighted by Crippen LogP contribution is 2.19. The Morgan fingerprint density at radius 2 is 1.95 bits per heavy atom. The van der Waals surface area contributed by atoms with Crippen molar-refractivity contribution in [3.05, 3.63) is 63.9 Å². The minimum Gasteiger partial charge on any atom is -0.335 e. The number of rotatable bonds is 3. The summed E-state index contributed by atoms with van der Waals surface area (Å²) in [6, 6.07) is 18.0. The molecule has 3 rings (SSSR count). The molecule has 0 radical (unpaired) electrons. The van der Waals surface area contributed by atoms with Gasteiger partial charge in [-0.3, -0.25) is 4.79 Å². The second-order valence-electron chi connectivity index (χ2n) is 4.99. The number of anilines is 1. The van der Waals surface area contributed by atoms with Crippen LogP contribution in [0.5, 0.6) is 0 Å². The molecule has 1 amide bonds. The van der Waals surface area contributed by atoms with Gasteiger partial charge in [-0.05, 0) is 65.2 Å². The molecule has 1 N–H and O–H groups in total. The van der Waals surface area contributed by atoms with Gasteiger partial charge in [-0.15, -0.1) is 0 Å². The molecule has 4 heteroatoms. The minimum atomic E-state index is -0.0125. The van der Waals surface area contributed by atoms with Gasteiger partial charge in [0.2, 0.25) is 5.91 Å². The van der Waals surface area contributed by atoms with Gasteiger partial charge in [-0.25, -0.2) is 0 Å². The third-order valence-electron chi connectivity index (χ3n) is 3.43. The summed E-state index contributed by atoms with van der Waals surface area (Å²) in [4.78, 5) is 12.3. The van der Waals surface area contributed by atoms with Crippen molar-refractivity contribution in [2.75, 3.05) is 5.32 Å². The zero-order valence-electron chi connectivity index (χ0n) is 11.6. The molecule has 106 valence electrons. The molecule has 0 aliphatic carbocycles. The Morgan fingerprint density at radius 1 is 1.14 bits per heavy atom. The van der Waals surface area contributed by atoms with Gasteiger partial charge < -0.3 is 9.88 Å². The van der Waals surface area contributed by atoms with Crippen LogP contribution in [0, 0.1) is 10.5 Å². The maximum atomic E-state index is 12.3. The topological polar surface area (TPSA) is 34.0 Å². The van der Waals surface area contributed by atoms with Gasteiger partial charge in [0.1, 0.15) is 6.54 Å². The van der Waals surface area contributed by atoms with Gasteiger partial charge in [-0.2, -0.15) is 0 Å². The van der Waals surface area contributed by atoms with Crippen molar-refractivity contribution in [2.45, 2.75) is 13.5 Å². The van der Waals surface area contributed by atoms with Crippen LogP contribution in [-0.4, -0.2) is 10.5 Å². The molecule has 0 aliphatic rings. The van der Waals surface area contributed by atoms with Gasteiger partial charge in [-0.1, -0.05) is 24.3 Å². The number of aryl methyl sites for hydroxylation is 1. The summed E-state index contributed by atoms with van der Waals surface area (Å²) in [7, 11) is 0. The molecule has 1 heterocycles. The van der Waals surface area contributed by atoms with Crippen LogP contribution in [0.2, 0.25) is 0 Å². The van der Waals surface area contributed by atoms with E-state index < -0.39 is 0 Å². The monoisotopic (exact) mass is 390 g/mol. The van der Waals surface area contributed by atoms with Crippen molar-refractivity contribution in [3.8, 4) is 0 Å². The first kappa shape index (κ1) is 14.1. The lowest BCUT2D eigenvalue weighted by molar-refractivity contribution is -0.116. The average Bonchev–Trinajstić information content (AvgIpc) is 2.75. The number of carbonyl (C=O) groups excluding carboxylic acids is 1. The molecule has 0 saturated carbocycles. The van der Waals surface area contributed by atoms with Gasteiger partial charge in [0.25, 0.3) is 0 Å². The van der Waals surface area contributed by atoms with Gasteiger partial charge in [0.05, 0.1) is 0 Å². The number of nitrogens with one attached hydrogen (secondary N) is 1. The number of amides is 1. The van der Waals surface area contributed by atoms with Crippen molar-refractivity contribution in [1.29, 1.82) is 0 Å². The molecular formula is C17H15IN2O. The second-order valence-corrected chi connectivity index (χ2v) is 6.23. The van der Waals surface area contributed by atoms with E-state index in [4.69, 9.17) is 0 Å². The number of fused-ring (bicyclic) bond motifs is 1. The standard InChI is InChI=1S/C17H15IN2O/c1-12-9-13-5-2-3-8-16(13)20(12)11-17(21)19-15-7-4-6-14(18)10-15/h2-10H,11H2,1H3,(H,19,21). The Hall–Kier alpha value is -1.82. The van der Waals surface area contributed by atoms with Crippen molar-refractivity contribution in [3.63, 3.8) is 0 Å². The minimum absolute atomic E-state index is 0.0125. The summed E-state index contributed by atoms with van der Waals surface area (Å²) in [6.07, 6.45) is 0. The molecule has 2 aromatic carbocycles.